The first-order valence-corrected chi connectivity index (χ1v) is 6.12. The summed E-state index contributed by atoms with van der Waals surface area (Å²) in [5.74, 6) is 0.824. The normalized spacial score (nSPS) is 10.4. The molecule has 0 aliphatic carbocycles. The van der Waals surface area contributed by atoms with Gasteiger partial charge in [-0.15, -0.1) is 0 Å². The molecule has 1 aromatic heterocycles. The molecule has 94 valence electrons. The van der Waals surface area contributed by atoms with E-state index in [2.05, 4.69) is 4.98 Å². The highest BCUT2D eigenvalue weighted by atomic mass is 35.5. The van der Waals surface area contributed by atoms with Crippen molar-refractivity contribution in [3.8, 4) is 11.6 Å². The fraction of sp³-hybridized carbons (Fsp3) is 0.0833. The molecule has 0 bridgehead atoms. The highest BCUT2D eigenvalue weighted by Crippen LogP contribution is 2.29. The van der Waals surface area contributed by atoms with Crippen molar-refractivity contribution in [2.24, 2.45) is 0 Å². The Morgan fingerprint density at radius 2 is 1.72 bits per heavy atom. The number of aliphatic hydroxyl groups excluding tert-OH is 1. The van der Waals surface area contributed by atoms with Gasteiger partial charge in [0.15, 0.2) is 0 Å². The van der Waals surface area contributed by atoms with E-state index >= 15 is 0 Å². The molecule has 0 spiro atoms. The standard InChI is InChI=1S/C12H8Cl3NO2/c13-8-2-1-7(5-10(8)15)18-12-4-3-9(14)11(6-17)16-12/h1-5,17H,6H2. The molecule has 6 heteroatoms. The average molecular weight is 305 g/mol. The molecule has 0 aliphatic rings. The van der Waals surface area contributed by atoms with Crippen molar-refractivity contribution in [1.29, 1.82) is 0 Å². The number of nitrogens with zero attached hydrogens (tertiary/aromatic N) is 1. The zero-order valence-electron chi connectivity index (χ0n) is 9.03. The smallest absolute Gasteiger partial charge is 0.219 e. The zero-order chi connectivity index (χ0) is 13.1. The number of aliphatic hydroxyl groups is 1. The summed E-state index contributed by atoms with van der Waals surface area (Å²) in [6.07, 6.45) is 0. The number of ether oxygens (including phenoxy) is 1. The van der Waals surface area contributed by atoms with Gasteiger partial charge in [-0.1, -0.05) is 34.8 Å². The van der Waals surface area contributed by atoms with Gasteiger partial charge in [0.25, 0.3) is 0 Å². The first kappa shape index (κ1) is 13.4. The van der Waals surface area contributed by atoms with Crippen molar-refractivity contribution >= 4 is 34.8 Å². The molecule has 0 radical (unpaired) electrons. The second-order valence-corrected chi connectivity index (χ2v) is 4.64. The molecule has 1 aromatic carbocycles. The van der Waals surface area contributed by atoms with Crippen LogP contribution in [0.2, 0.25) is 15.1 Å². The van der Waals surface area contributed by atoms with Crippen LogP contribution in [0.1, 0.15) is 5.69 Å². The number of hydrogen-bond donors (Lipinski definition) is 1. The Bertz CT molecular complexity index is 575. The van der Waals surface area contributed by atoms with E-state index < -0.39 is 0 Å². The molecule has 1 N–H and O–H groups in total. The quantitative estimate of drug-likeness (QED) is 0.918. The number of aromatic nitrogens is 1. The minimum Gasteiger partial charge on any atom is -0.439 e. The average Bonchev–Trinajstić information content (AvgIpc) is 2.36. The summed E-state index contributed by atoms with van der Waals surface area (Å²) in [5.41, 5.74) is 0.356. The first-order chi connectivity index (χ1) is 8.60. The summed E-state index contributed by atoms with van der Waals surface area (Å²) in [6.45, 7) is -0.253. The van der Waals surface area contributed by atoms with E-state index in [0.29, 0.717) is 32.4 Å². The summed E-state index contributed by atoms with van der Waals surface area (Å²) in [6, 6.07) is 8.08. The van der Waals surface area contributed by atoms with Gasteiger partial charge in [-0.25, -0.2) is 4.98 Å². The summed E-state index contributed by atoms with van der Waals surface area (Å²) >= 11 is 17.5. The third-order valence-electron chi connectivity index (χ3n) is 2.16. The van der Waals surface area contributed by atoms with Crippen LogP contribution in [0.25, 0.3) is 0 Å². The number of hydrogen-bond acceptors (Lipinski definition) is 3. The van der Waals surface area contributed by atoms with E-state index in [0.717, 1.165) is 0 Å². The van der Waals surface area contributed by atoms with Crippen molar-refractivity contribution in [3.05, 3.63) is 51.1 Å². The molecule has 0 saturated heterocycles. The lowest BCUT2D eigenvalue weighted by Gasteiger charge is -2.07. The van der Waals surface area contributed by atoms with E-state index in [1.54, 1.807) is 30.3 Å². The molecule has 2 rings (SSSR count). The Balaban J connectivity index is 2.25. The third kappa shape index (κ3) is 3.06. The van der Waals surface area contributed by atoms with Gasteiger partial charge in [0, 0.05) is 12.1 Å². The van der Waals surface area contributed by atoms with Gasteiger partial charge in [-0.3, -0.25) is 0 Å². The number of pyridine rings is 1. The summed E-state index contributed by atoms with van der Waals surface area (Å²) in [4.78, 5) is 4.06. The molecule has 0 atom stereocenters. The molecule has 1 heterocycles. The van der Waals surface area contributed by atoms with Crippen LogP contribution in [0.15, 0.2) is 30.3 Å². The Kier molecular flexibility index (Phi) is 4.30. The van der Waals surface area contributed by atoms with E-state index in [9.17, 15) is 0 Å². The zero-order valence-corrected chi connectivity index (χ0v) is 11.3. The van der Waals surface area contributed by atoms with Crippen molar-refractivity contribution in [3.63, 3.8) is 0 Å². The van der Waals surface area contributed by atoms with Crippen LogP contribution in [0.3, 0.4) is 0 Å². The van der Waals surface area contributed by atoms with Gasteiger partial charge in [-0.05, 0) is 18.2 Å². The van der Waals surface area contributed by atoms with Crippen LogP contribution in [0.4, 0.5) is 0 Å². The maximum atomic E-state index is 9.05. The minimum absolute atomic E-state index is 0.253. The summed E-state index contributed by atoms with van der Waals surface area (Å²) in [5, 5.41) is 10.3. The molecule has 3 nitrogen and oxygen atoms in total. The molecular formula is C12H8Cl3NO2. The number of rotatable bonds is 3. The van der Waals surface area contributed by atoms with Gasteiger partial charge < -0.3 is 9.84 Å². The molecule has 0 aliphatic heterocycles. The molecule has 0 fully saturated rings. The summed E-state index contributed by atoms with van der Waals surface area (Å²) < 4.78 is 5.49. The van der Waals surface area contributed by atoms with Crippen LogP contribution in [-0.4, -0.2) is 10.1 Å². The van der Waals surface area contributed by atoms with E-state index in [1.165, 1.54) is 0 Å². The lowest BCUT2D eigenvalue weighted by atomic mass is 10.3. The van der Waals surface area contributed by atoms with Gasteiger partial charge in [0.1, 0.15) is 5.75 Å². The minimum atomic E-state index is -0.253. The predicted octanol–water partition coefficient (Wildman–Crippen LogP) is 4.33. The number of benzene rings is 1. The van der Waals surface area contributed by atoms with Crippen LogP contribution in [-0.2, 0) is 6.61 Å². The maximum absolute atomic E-state index is 9.05. The van der Waals surface area contributed by atoms with Crippen molar-refractivity contribution in [2.45, 2.75) is 6.61 Å². The second kappa shape index (κ2) is 5.76. The van der Waals surface area contributed by atoms with Gasteiger partial charge >= 0.3 is 0 Å². The molecule has 0 amide bonds. The second-order valence-electron chi connectivity index (χ2n) is 3.41. The van der Waals surface area contributed by atoms with E-state index in [4.69, 9.17) is 44.6 Å². The lowest BCUT2D eigenvalue weighted by molar-refractivity contribution is 0.275. The van der Waals surface area contributed by atoms with Gasteiger partial charge in [0.2, 0.25) is 5.88 Å². The van der Waals surface area contributed by atoms with Crippen LogP contribution in [0, 0.1) is 0 Å². The first-order valence-electron chi connectivity index (χ1n) is 4.99. The molecule has 2 aromatic rings. The largest absolute Gasteiger partial charge is 0.439 e. The fourth-order valence-electron chi connectivity index (χ4n) is 1.29. The fourth-order valence-corrected chi connectivity index (χ4v) is 1.75. The Morgan fingerprint density at radius 3 is 2.39 bits per heavy atom. The monoisotopic (exact) mass is 303 g/mol. The maximum Gasteiger partial charge on any atom is 0.219 e. The lowest BCUT2D eigenvalue weighted by Crippen LogP contribution is -1.94. The Labute approximate surface area is 119 Å². The predicted molar refractivity (Wildman–Crippen MR) is 71.7 cm³/mol. The van der Waals surface area contributed by atoms with Gasteiger partial charge in [0.05, 0.1) is 27.4 Å². The van der Waals surface area contributed by atoms with Gasteiger partial charge in [-0.2, -0.15) is 0 Å². The third-order valence-corrected chi connectivity index (χ3v) is 3.24. The van der Waals surface area contributed by atoms with E-state index in [-0.39, 0.29) is 6.61 Å². The van der Waals surface area contributed by atoms with Crippen molar-refractivity contribution in [2.75, 3.05) is 0 Å². The molecular weight excluding hydrogens is 296 g/mol. The van der Waals surface area contributed by atoms with E-state index in [1.807, 2.05) is 0 Å². The SMILES string of the molecule is OCc1nc(Oc2ccc(Cl)c(Cl)c2)ccc1Cl. The molecule has 18 heavy (non-hydrogen) atoms. The topological polar surface area (TPSA) is 42.4 Å². The highest BCUT2D eigenvalue weighted by molar-refractivity contribution is 6.42. The van der Waals surface area contributed by atoms with Crippen LogP contribution >= 0.6 is 34.8 Å². The molecule has 0 unspecified atom stereocenters. The summed E-state index contributed by atoms with van der Waals surface area (Å²) in [7, 11) is 0. The highest BCUT2D eigenvalue weighted by Gasteiger charge is 2.06. The van der Waals surface area contributed by atoms with Crippen molar-refractivity contribution in [1.82, 2.24) is 4.98 Å². The Morgan fingerprint density at radius 1 is 1.00 bits per heavy atom. The Hall–Kier alpha value is -1.000. The number of halogens is 3. The van der Waals surface area contributed by atoms with Crippen LogP contribution in [0.5, 0.6) is 11.6 Å². The van der Waals surface area contributed by atoms with Crippen molar-refractivity contribution < 1.29 is 9.84 Å². The molecule has 0 saturated carbocycles. The van der Waals surface area contributed by atoms with Crippen LogP contribution < -0.4 is 4.74 Å².